The number of hydrogen-bond acceptors (Lipinski definition) is 2. The van der Waals surface area contributed by atoms with Crippen molar-refractivity contribution in [3.05, 3.63) is 0 Å². The summed E-state index contributed by atoms with van der Waals surface area (Å²) in [6, 6.07) is 0.187. The van der Waals surface area contributed by atoms with E-state index in [0.717, 1.165) is 13.2 Å². The normalized spacial score (nSPS) is 35.8. The molecule has 13 heavy (non-hydrogen) atoms. The maximum Gasteiger partial charge on any atom is 0.0624 e. The van der Waals surface area contributed by atoms with Gasteiger partial charge in [0.15, 0.2) is 0 Å². The van der Waals surface area contributed by atoms with E-state index in [9.17, 15) is 0 Å². The second-order valence-electron chi connectivity index (χ2n) is 5.57. The van der Waals surface area contributed by atoms with Crippen molar-refractivity contribution >= 4 is 0 Å². The van der Waals surface area contributed by atoms with Gasteiger partial charge in [-0.1, -0.05) is 34.6 Å². The molecule has 1 aliphatic rings. The molecule has 0 amide bonds. The van der Waals surface area contributed by atoms with Gasteiger partial charge in [-0.05, 0) is 11.3 Å². The highest BCUT2D eigenvalue weighted by molar-refractivity contribution is 5.02. The molecule has 0 spiro atoms. The van der Waals surface area contributed by atoms with E-state index in [-0.39, 0.29) is 16.9 Å². The van der Waals surface area contributed by atoms with Crippen LogP contribution in [0.4, 0.5) is 0 Å². The molecule has 1 aliphatic heterocycles. The lowest BCUT2D eigenvalue weighted by Gasteiger charge is -2.47. The van der Waals surface area contributed by atoms with Gasteiger partial charge >= 0.3 is 0 Å². The molecule has 1 heterocycles. The summed E-state index contributed by atoms with van der Waals surface area (Å²) in [5.41, 5.74) is 6.54. The number of ether oxygens (including phenoxy) is 1. The molecule has 0 aromatic heterocycles. The maximum atomic E-state index is 6.18. The second kappa shape index (κ2) is 3.25. The van der Waals surface area contributed by atoms with E-state index in [1.165, 1.54) is 0 Å². The van der Waals surface area contributed by atoms with E-state index < -0.39 is 0 Å². The minimum atomic E-state index is 0.146. The molecule has 2 atom stereocenters. The molecule has 0 aromatic rings. The predicted molar refractivity (Wildman–Crippen MR) is 55.5 cm³/mol. The first-order valence-electron chi connectivity index (χ1n) is 5.15. The monoisotopic (exact) mass is 185 g/mol. The third-order valence-electron chi connectivity index (χ3n) is 3.73. The van der Waals surface area contributed by atoms with Crippen LogP contribution in [0.2, 0.25) is 0 Å². The highest BCUT2D eigenvalue weighted by atomic mass is 16.5. The summed E-state index contributed by atoms with van der Waals surface area (Å²) in [6.07, 6.45) is 0. The zero-order chi connectivity index (χ0) is 10.3. The van der Waals surface area contributed by atoms with Gasteiger partial charge in [0.1, 0.15) is 0 Å². The molecule has 0 radical (unpaired) electrons. The Balaban J connectivity index is 3.01. The fourth-order valence-corrected chi connectivity index (χ4v) is 2.84. The van der Waals surface area contributed by atoms with Crippen LogP contribution in [0.3, 0.4) is 0 Å². The minimum Gasteiger partial charge on any atom is -0.379 e. The Bertz CT molecular complexity index is 183. The van der Waals surface area contributed by atoms with Crippen LogP contribution in [0, 0.1) is 16.7 Å². The fourth-order valence-electron chi connectivity index (χ4n) is 2.84. The topological polar surface area (TPSA) is 35.2 Å². The summed E-state index contributed by atoms with van der Waals surface area (Å²) in [7, 11) is 0. The molecule has 2 heteroatoms. The lowest BCUT2D eigenvalue weighted by molar-refractivity contribution is 0.00834. The van der Waals surface area contributed by atoms with Gasteiger partial charge in [0.25, 0.3) is 0 Å². The summed E-state index contributed by atoms with van der Waals surface area (Å²) in [5, 5.41) is 0. The van der Waals surface area contributed by atoms with Crippen molar-refractivity contribution in [2.45, 2.75) is 40.7 Å². The molecule has 2 unspecified atom stereocenters. The molecule has 1 fully saturated rings. The molecular formula is C11H23NO. The van der Waals surface area contributed by atoms with Crippen molar-refractivity contribution in [2.24, 2.45) is 22.5 Å². The molecule has 2 N–H and O–H groups in total. The standard InChI is InChI=1S/C11H23NO/c1-8(2)11(10(3,4)5)7-13-6-9(11)12/h8-9H,6-7,12H2,1-5H3. The Hall–Kier alpha value is -0.0800. The van der Waals surface area contributed by atoms with Crippen LogP contribution in [0.1, 0.15) is 34.6 Å². The SMILES string of the molecule is CC(C)C1(C(C)(C)C)COCC1N. The van der Waals surface area contributed by atoms with Crippen molar-refractivity contribution in [3.63, 3.8) is 0 Å². The van der Waals surface area contributed by atoms with E-state index in [2.05, 4.69) is 34.6 Å². The quantitative estimate of drug-likeness (QED) is 0.678. The van der Waals surface area contributed by atoms with Crippen LogP contribution in [-0.4, -0.2) is 19.3 Å². The summed E-state index contributed by atoms with van der Waals surface area (Å²) in [4.78, 5) is 0. The van der Waals surface area contributed by atoms with E-state index in [0.29, 0.717) is 5.92 Å². The number of rotatable bonds is 1. The van der Waals surface area contributed by atoms with Crippen molar-refractivity contribution in [3.8, 4) is 0 Å². The summed E-state index contributed by atoms with van der Waals surface area (Å²) in [6.45, 7) is 12.8. The van der Waals surface area contributed by atoms with Gasteiger partial charge < -0.3 is 10.5 Å². The Kier molecular flexibility index (Phi) is 2.75. The van der Waals surface area contributed by atoms with E-state index in [4.69, 9.17) is 10.5 Å². The Labute approximate surface area is 81.8 Å². The van der Waals surface area contributed by atoms with Gasteiger partial charge in [0.05, 0.1) is 13.2 Å². The summed E-state index contributed by atoms with van der Waals surface area (Å²) in [5.74, 6) is 0.574. The smallest absolute Gasteiger partial charge is 0.0624 e. The zero-order valence-corrected chi connectivity index (χ0v) is 9.55. The lowest BCUT2D eigenvalue weighted by atomic mass is 9.58. The van der Waals surface area contributed by atoms with Gasteiger partial charge in [-0.15, -0.1) is 0 Å². The van der Waals surface area contributed by atoms with Gasteiger partial charge in [-0.25, -0.2) is 0 Å². The third-order valence-corrected chi connectivity index (χ3v) is 3.73. The minimum absolute atomic E-state index is 0.146. The first-order chi connectivity index (χ1) is 5.82. The van der Waals surface area contributed by atoms with Crippen molar-refractivity contribution in [2.75, 3.05) is 13.2 Å². The van der Waals surface area contributed by atoms with Crippen molar-refractivity contribution in [1.29, 1.82) is 0 Å². The van der Waals surface area contributed by atoms with E-state index in [1.54, 1.807) is 0 Å². The molecule has 0 aromatic carbocycles. The molecule has 1 saturated heterocycles. The van der Waals surface area contributed by atoms with Crippen molar-refractivity contribution < 1.29 is 4.74 Å². The molecule has 0 aliphatic carbocycles. The molecule has 78 valence electrons. The predicted octanol–water partition coefficient (Wildman–Crippen LogP) is 2.03. The van der Waals surface area contributed by atoms with E-state index in [1.807, 2.05) is 0 Å². The first kappa shape index (κ1) is 11.0. The Morgan fingerprint density at radius 3 is 2.08 bits per heavy atom. The van der Waals surface area contributed by atoms with Crippen LogP contribution in [0.25, 0.3) is 0 Å². The van der Waals surface area contributed by atoms with Crippen LogP contribution >= 0.6 is 0 Å². The summed E-state index contributed by atoms with van der Waals surface area (Å²) < 4.78 is 5.54. The first-order valence-corrected chi connectivity index (χ1v) is 5.15. The lowest BCUT2D eigenvalue weighted by Crippen LogP contribution is -2.52. The number of nitrogens with two attached hydrogens (primary N) is 1. The Morgan fingerprint density at radius 1 is 1.38 bits per heavy atom. The molecule has 1 rings (SSSR count). The number of hydrogen-bond donors (Lipinski definition) is 1. The third kappa shape index (κ3) is 1.50. The Morgan fingerprint density at radius 2 is 1.92 bits per heavy atom. The van der Waals surface area contributed by atoms with Crippen molar-refractivity contribution in [1.82, 2.24) is 0 Å². The van der Waals surface area contributed by atoms with Gasteiger partial charge in [-0.3, -0.25) is 0 Å². The van der Waals surface area contributed by atoms with Crippen LogP contribution < -0.4 is 5.73 Å². The second-order valence-corrected chi connectivity index (χ2v) is 5.57. The van der Waals surface area contributed by atoms with Gasteiger partial charge in [0.2, 0.25) is 0 Å². The fraction of sp³-hybridized carbons (Fsp3) is 1.00. The van der Waals surface area contributed by atoms with Crippen LogP contribution in [0.5, 0.6) is 0 Å². The molecule has 0 saturated carbocycles. The van der Waals surface area contributed by atoms with Gasteiger partial charge in [-0.2, -0.15) is 0 Å². The average Bonchev–Trinajstić information content (AvgIpc) is 2.29. The molecular weight excluding hydrogens is 162 g/mol. The zero-order valence-electron chi connectivity index (χ0n) is 9.55. The molecule has 2 nitrogen and oxygen atoms in total. The van der Waals surface area contributed by atoms with Crippen LogP contribution in [-0.2, 0) is 4.74 Å². The average molecular weight is 185 g/mol. The highest BCUT2D eigenvalue weighted by Crippen LogP contribution is 2.49. The van der Waals surface area contributed by atoms with Gasteiger partial charge in [0, 0.05) is 11.5 Å². The van der Waals surface area contributed by atoms with Crippen LogP contribution in [0.15, 0.2) is 0 Å². The summed E-state index contributed by atoms with van der Waals surface area (Å²) >= 11 is 0. The van der Waals surface area contributed by atoms with E-state index >= 15 is 0 Å². The maximum absolute atomic E-state index is 6.18. The highest BCUT2D eigenvalue weighted by Gasteiger charge is 2.52. The molecule has 0 bridgehead atoms. The largest absolute Gasteiger partial charge is 0.379 e.